The van der Waals surface area contributed by atoms with E-state index in [1.54, 1.807) is 0 Å². The predicted octanol–water partition coefficient (Wildman–Crippen LogP) is 4.73. The Morgan fingerprint density at radius 3 is 2.69 bits per heavy atom. The van der Waals surface area contributed by atoms with E-state index in [-0.39, 0.29) is 27.8 Å². The molecule has 29 heavy (non-hydrogen) atoms. The van der Waals surface area contributed by atoms with Crippen molar-refractivity contribution in [2.75, 3.05) is 18.5 Å². The highest BCUT2D eigenvalue weighted by Crippen LogP contribution is 2.33. The molecule has 1 aliphatic heterocycles. The maximum Gasteiger partial charge on any atom is 0.233 e. The molecule has 1 aromatic heterocycles. The number of aromatic nitrogens is 1. The van der Waals surface area contributed by atoms with E-state index in [1.165, 1.54) is 24.3 Å². The first-order chi connectivity index (χ1) is 13.9. The van der Waals surface area contributed by atoms with E-state index in [9.17, 15) is 8.42 Å². The summed E-state index contributed by atoms with van der Waals surface area (Å²) < 4.78 is 38.0. The van der Waals surface area contributed by atoms with Gasteiger partial charge in [0.1, 0.15) is 0 Å². The summed E-state index contributed by atoms with van der Waals surface area (Å²) in [5, 5.41) is 3.40. The molecule has 1 fully saturated rings. The van der Waals surface area contributed by atoms with Gasteiger partial charge in [-0.15, -0.1) is 0 Å². The van der Waals surface area contributed by atoms with Crippen LogP contribution < -0.4 is 5.32 Å². The van der Waals surface area contributed by atoms with Gasteiger partial charge in [-0.2, -0.15) is 4.98 Å². The highest BCUT2D eigenvalue weighted by molar-refractivity contribution is 7.91. The normalized spacial score (nSPS) is 16.8. The molecule has 0 unspecified atom stereocenters. The molecule has 0 radical (unpaired) electrons. The lowest BCUT2D eigenvalue weighted by molar-refractivity contribution is 0.120. The second-order valence-electron chi connectivity index (χ2n) is 7.00. The number of rotatable bonds is 6. The Kier molecular flexibility index (Phi) is 5.63. The lowest BCUT2D eigenvalue weighted by Gasteiger charge is -2.10. The minimum Gasteiger partial charge on any atom is -0.419 e. The molecule has 1 saturated heterocycles. The SMILES string of the molecule is Cc1cccc(-c2nc(S(=O)(=O)c3ccc(Cl)cc3)c(NC[C@H]3CCCO3)o2)c1. The molecule has 1 N–H and O–H groups in total. The number of aryl methyl sites for hydroxylation is 1. The zero-order chi connectivity index (χ0) is 20.4. The summed E-state index contributed by atoms with van der Waals surface area (Å²) in [6.07, 6.45) is 1.94. The van der Waals surface area contributed by atoms with Crippen molar-refractivity contribution in [1.29, 1.82) is 0 Å². The van der Waals surface area contributed by atoms with Crippen molar-refractivity contribution in [2.24, 2.45) is 0 Å². The van der Waals surface area contributed by atoms with Crippen molar-refractivity contribution < 1.29 is 17.6 Å². The zero-order valence-corrected chi connectivity index (χ0v) is 17.5. The Balaban J connectivity index is 1.74. The number of halogens is 1. The van der Waals surface area contributed by atoms with Crippen molar-refractivity contribution >= 4 is 27.3 Å². The molecule has 0 bridgehead atoms. The van der Waals surface area contributed by atoms with Gasteiger partial charge < -0.3 is 14.5 Å². The van der Waals surface area contributed by atoms with E-state index >= 15 is 0 Å². The zero-order valence-electron chi connectivity index (χ0n) is 15.9. The first-order valence-corrected chi connectivity index (χ1v) is 11.2. The molecule has 0 aliphatic carbocycles. The van der Waals surface area contributed by atoms with Crippen LogP contribution in [0.1, 0.15) is 18.4 Å². The van der Waals surface area contributed by atoms with Gasteiger partial charge in [0.2, 0.25) is 26.6 Å². The fraction of sp³-hybridized carbons (Fsp3) is 0.286. The van der Waals surface area contributed by atoms with Gasteiger partial charge in [0.25, 0.3) is 0 Å². The summed E-state index contributed by atoms with van der Waals surface area (Å²) >= 11 is 5.91. The molecule has 152 valence electrons. The molecule has 1 aliphatic rings. The third-order valence-corrected chi connectivity index (χ3v) is 6.68. The van der Waals surface area contributed by atoms with E-state index in [2.05, 4.69) is 10.3 Å². The van der Waals surface area contributed by atoms with Crippen LogP contribution in [0.5, 0.6) is 0 Å². The third kappa shape index (κ3) is 4.32. The smallest absolute Gasteiger partial charge is 0.233 e. The Morgan fingerprint density at radius 1 is 1.21 bits per heavy atom. The van der Waals surface area contributed by atoms with Gasteiger partial charge >= 0.3 is 0 Å². The van der Waals surface area contributed by atoms with Crippen LogP contribution in [-0.4, -0.2) is 32.7 Å². The minimum atomic E-state index is -3.90. The standard InChI is InChI=1S/C21H21ClN2O4S/c1-14-4-2-5-15(12-14)19-24-21(20(28-19)23-13-17-6-3-11-27-17)29(25,26)18-9-7-16(22)8-10-18/h2,4-5,7-10,12,17,23H,3,6,11,13H2,1H3/t17-/m1/s1. The van der Waals surface area contributed by atoms with E-state index in [1.807, 2.05) is 31.2 Å². The second-order valence-corrected chi connectivity index (χ2v) is 9.30. The molecular formula is C21H21ClN2O4S. The molecule has 1 atom stereocenters. The van der Waals surface area contributed by atoms with Crippen LogP contribution in [0.3, 0.4) is 0 Å². The summed E-state index contributed by atoms with van der Waals surface area (Å²) in [4.78, 5) is 4.45. The molecule has 3 aromatic rings. The topological polar surface area (TPSA) is 81.4 Å². The monoisotopic (exact) mass is 432 g/mol. The summed E-state index contributed by atoms with van der Waals surface area (Å²) in [6.45, 7) is 3.12. The largest absolute Gasteiger partial charge is 0.419 e. The Hall–Kier alpha value is -2.35. The second kappa shape index (κ2) is 8.18. The van der Waals surface area contributed by atoms with Gasteiger partial charge in [-0.05, 0) is 56.2 Å². The summed E-state index contributed by atoms with van der Waals surface area (Å²) in [5.41, 5.74) is 1.74. The Bertz CT molecular complexity index is 1100. The Morgan fingerprint density at radius 2 is 2.00 bits per heavy atom. The number of sulfone groups is 1. The van der Waals surface area contributed by atoms with E-state index in [4.69, 9.17) is 20.8 Å². The van der Waals surface area contributed by atoms with Crippen LogP contribution in [0.4, 0.5) is 5.88 Å². The summed E-state index contributed by atoms with van der Waals surface area (Å²) in [7, 11) is -3.90. The fourth-order valence-electron chi connectivity index (χ4n) is 3.24. The quantitative estimate of drug-likeness (QED) is 0.606. The number of nitrogens with zero attached hydrogens (tertiary/aromatic N) is 1. The van der Waals surface area contributed by atoms with Gasteiger partial charge in [0.05, 0.1) is 11.0 Å². The molecule has 0 saturated carbocycles. The van der Waals surface area contributed by atoms with Crippen LogP contribution in [0, 0.1) is 6.92 Å². The number of hydrogen-bond acceptors (Lipinski definition) is 6. The number of hydrogen-bond donors (Lipinski definition) is 1. The minimum absolute atomic E-state index is 0.0219. The van der Waals surface area contributed by atoms with Gasteiger partial charge in [-0.1, -0.05) is 29.3 Å². The van der Waals surface area contributed by atoms with Gasteiger partial charge in [-0.3, -0.25) is 0 Å². The van der Waals surface area contributed by atoms with Crippen molar-refractivity contribution in [1.82, 2.24) is 4.98 Å². The van der Waals surface area contributed by atoms with E-state index < -0.39 is 9.84 Å². The molecule has 2 heterocycles. The number of oxazole rings is 1. The van der Waals surface area contributed by atoms with Crippen LogP contribution in [0.25, 0.3) is 11.5 Å². The molecule has 0 amide bonds. The lowest BCUT2D eigenvalue weighted by Crippen LogP contribution is -2.19. The molecule has 0 spiro atoms. The van der Waals surface area contributed by atoms with Crippen molar-refractivity contribution in [3.8, 4) is 11.5 Å². The number of benzene rings is 2. The molecule has 4 rings (SSSR count). The summed E-state index contributed by atoms with van der Waals surface area (Å²) in [6, 6.07) is 13.6. The van der Waals surface area contributed by atoms with Crippen LogP contribution in [0.15, 0.2) is 62.9 Å². The van der Waals surface area contributed by atoms with Crippen molar-refractivity contribution in [3.05, 3.63) is 59.1 Å². The maximum atomic E-state index is 13.2. The van der Waals surface area contributed by atoms with Gasteiger partial charge in [-0.25, -0.2) is 8.42 Å². The predicted molar refractivity (Wildman–Crippen MR) is 111 cm³/mol. The van der Waals surface area contributed by atoms with Crippen LogP contribution in [-0.2, 0) is 14.6 Å². The lowest BCUT2D eigenvalue weighted by atomic mass is 10.1. The first kappa shape index (κ1) is 19.9. The van der Waals surface area contributed by atoms with Gasteiger partial charge in [0, 0.05) is 23.7 Å². The number of nitrogens with one attached hydrogen (secondary N) is 1. The van der Waals surface area contributed by atoms with Crippen LogP contribution >= 0.6 is 11.6 Å². The molecule has 6 nitrogen and oxygen atoms in total. The Labute approximate surface area is 174 Å². The maximum absolute atomic E-state index is 13.2. The highest BCUT2D eigenvalue weighted by Gasteiger charge is 2.29. The highest BCUT2D eigenvalue weighted by atomic mass is 35.5. The van der Waals surface area contributed by atoms with Crippen molar-refractivity contribution in [3.63, 3.8) is 0 Å². The fourth-order valence-corrected chi connectivity index (χ4v) is 4.64. The van der Waals surface area contributed by atoms with Crippen LogP contribution in [0.2, 0.25) is 5.02 Å². The van der Waals surface area contributed by atoms with Crippen molar-refractivity contribution in [2.45, 2.75) is 35.8 Å². The molecule has 8 heteroatoms. The molecule has 2 aromatic carbocycles. The first-order valence-electron chi connectivity index (χ1n) is 9.37. The van der Waals surface area contributed by atoms with E-state index in [0.717, 1.165) is 18.4 Å². The average Bonchev–Trinajstić information content (AvgIpc) is 3.37. The number of anilines is 1. The third-order valence-electron chi connectivity index (χ3n) is 4.75. The van der Waals surface area contributed by atoms with E-state index in [0.29, 0.717) is 23.7 Å². The van der Waals surface area contributed by atoms with Gasteiger partial charge in [0.15, 0.2) is 0 Å². The number of ether oxygens (including phenoxy) is 1. The average molecular weight is 433 g/mol. The molecular weight excluding hydrogens is 412 g/mol. The summed E-state index contributed by atoms with van der Waals surface area (Å²) in [5.74, 6) is 0.364.